The van der Waals surface area contributed by atoms with Gasteiger partial charge >= 0.3 is 6.03 Å². The first-order chi connectivity index (χ1) is 9.86. The lowest BCUT2D eigenvalue weighted by Gasteiger charge is -1.99. The van der Waals surface area contributed by atoms with Crippen molar-refractivity contribution < 1.29 is 22.2 Å². The minimum Gasteiger partial charge on any atom is -0.455 e. The maximum Gasteiger partial charge on any atom is 0.332 e. The molecule has 1 aromatic heterocycles. The molecule has 0 spiro atoms. The lowest BCUT2D eigenvalue weighted by molar-refractivity contribution is 0.249. The second-order valence-electron chi connectivity index (χ2n) is 3.94. The van der Waals surface area contributed by atoms with Crippen molar-refractivity contribution in [3.63, 3.8) is 0 Å². The first-order valence-electron chi connectivity index (χ1n) is 5.62. The van der Waals surface area contributed by atoms with Crippen molar-refractivity contribution in [1.82, 2.24) is 5.43 Å². The number of hydrogen-bond donors (Lipinski definition) is 3. The van der Waals surface area contributed by atoms with Crippen LogP contribution in [0.1, 0.15) is 5.76 Å². The minimum atomic E-state index is -4.22. The first-order valence-corrected chi connectivity index (χ1v) is 7.06. The van der Waals surface area contributed by atoms with Gasteiger partial charge in [0.05, 0.1) is 11.1 Å². The number of benzene rings is 1. The van der Waals surface area contributed by atoms with E-state index in [1.165, 1.54) is 30.5 Å². The van der Waals surface area contributed by atoms with E-state index in [9.17, 15) is 13.2 Å². The molecule has 4 N–H and O–H groups in total. The molecule has 0 aliphatic carbocycles. The third kappa shape index (κ3) is 3.91. The van der Waals surface area contributed by atoms with Gasteiger partial charge in [0, 0.05) is 5.56 Å². The van der Waals surface area contributed by atoms with Crippen LogP contribution in [-0.2, 0) is 10.1 Å². The van der Waals surface area contributed by atoms with E-state index >= 15 is 0 Å². The Kier molecular flexibility index (Phi) is 4.05. The highest BCUT2D eigenvalue weighted by Crippen LogP contribution is 2.23. The molecule has 0 atom stereocenters. The molecule has 9 heteroatoms. The number of hydrogen-bond acceptors (Lipinski definition) is 5. The molecule has 8 nitrogen and oxygen atoms in total. The number of nitrogens with one attached hydrogen (secondary N) is 1. The normalized spacial score (nSPS) is 11.7. The van der Waals surface area contributed by atoms with Crippen molar-refractivity contribution >= 4 is 22.4 Å². The van der Waals surface area contributed by atoms with Crippen LogP contribution in [0, 0.1) is 0 Å². The molecule has 1 heterocycles. The fourth-order valence-corrected chi connectivity index (χ4v) is 2.01. The molecule has 0 radical (unpaired) electrons. The van der Waals surface area contributed by atoms with Gasteiger partial charge in [-0.3, -0.25) is 4.55 Å². The molecule has 0 fully saturated rings. The average molecular weight is 309 g/mol. The zero-order valence-corrected chi connectivity index (χ0v) is 11.4. The number of urea groups is 1. The van der Waals surface area contributed by atoms with E-state index in [1.807, 2.05) is 5.43 Å². The van der Waals surface area contributed by atoms with Gasteiger partial charge in [0.1, 0.15) is 11.5 Å². The summed E-state index contributed by atoms with van der Waals surface area (Å²) >= 11 is 0. The standard InChI is InChI=1S/C12H11N3O5S/c13-12(16)15-14-7-9-3-6-11(20-9)8-1-4-10(5-2-8)21(17,18)19/h1-7H,(H3,13,15,16)(H,17,18,19)/b14-7-. The molecule has 0 aliphatic rings. The van der Waals surface area contributed by atoms with Crippen LogP contribution in [0.4, 0.5) is 4.79 Å². The van der Waals surface area contributed by atoms with E-state index in [2.05, 4.69) is 5.10 Å². The molecule has 110 valence electrons. The number of hydrazone groups is 1. The van der Waals surface area contributed by atoms with Gasteiger partial charge in [-0.25, -0.2) is 10.2 Å². The Bertz CT molecular complexity index is 777. The van der Waals surface area contributed by atoms with Crippen molar-refractivity contribution in [3.05, 3.63) is 42.2 Å². The average Bonchev–Trinajstić information content (AvgIpc) is 2.86. The van der Waals surface area contributed by atoms with Crippen molar-refractivity contribution in [3.8, 4) is 11.3 Å². The maximum absolute atomic E-state index is 10.9. The van der Waals surface area contributed by atoms with Gasteiger partial charge in [-0.05, 0) is 36.4 Å². The van der Waals surface area contributed by atoms with Crippen LogP contribution in [0.25, 0.3) is 11.3 Å². The van der Waals surface area contributed by atoms with E-state index < -0.39 is 16.1 Å². The van der Waals surface area contributed by atoms with E-state index in [4.69, 9.17) is 14.7 Å². The maximum atomic E-state index is 10.9. The molecular weight excluding hydrogens is 298 g/mol. The van der Waals surface area contributed by atoms with Crippen LogP contribution in [0.5, 0.6) is 0 Å². The van der Waals surface area contributed by atoms with Crippen molar-refractivity contribution in [1.29, 1.82) is 0 Å². The minimum absolute atomic E-state index is 0.203. The molecule has 0 saturated heterocycles. The number of carbonyl (C=O) groups excluding carboxylic acids is 1. The molecule has 21 heavy (non-hydrogen) atoms. The molecule has 1 aromatic carbocycles. The van der Waals surface area contributed by atoms with E-state index in [0.717, 1.165) is 0 Å². The summed E-state index contributed by atoms with van der Waals surface area (Å²) in [5.74, 6) is 0.843. The summed E-state index contributed by atoms with van der Waals surface area (Å²) in [6.07, 6.45) is 1.26. The van der Waals surface area contributed by atoms with Gasteiger partial charge in [0.2, 0.25) is 0 Å². The Hall–Kier alpha value is -2.65. The Labute approximate surface area is 120 Å². The zero-order chi connectivity index (χ0) is 15.5. The Morgan fingerprint density at radius 2 is 1.90 bits per heavy atom. The molecule has 0 bridgehead atoms. The lowest BCUT2D eigenvalue weighted by atomic mass is 10.2. The number of amides is 2. The van der Waals surface area contributed by atoms with E-state index in [1.54, 1.807) is 12.1 Å². The monoisotopic (exact) mass is 309 g/mol. The van der Waals surface area contributed by atoms with Crippen molar-refractivity contribution in [2.24, 2.45) is 10.8 Å². The van der Waals surface area contributed by atoms with E-state index in [0.29, 0.717) is 17.1 Å². The van der Waals surface area contributed by atoms with Gasteiger partial charge in [0.25, 0.3) is 10.1 Å². The van der Waals surface area contributed by atoms with Crippen LogP contribution < -0.4 is 11.2 Å². The van der Waals surface area contributed by atoms with Gasteiger partial charge < -0.3 is 10.2 Å². The van der Waals surface area contributed by atoms with Crippen LogP contribution >= 0.6 is 0 Å². The van der Waals surface area contributed by atoms with Gasteiger partial charge in [-0.2, -0.15) is 13.5 Å². The highest BCUT2D eigenvalue weighted by atomic mass is 32.2. The van der Waals surface area contributed by atoms with Crippen molar-refractivity contribution in [2.45, 2.75) is 4.90 Å². The van der Waals surface area contributed by atoms with Gasteiger partial charge in [-0.15, -0.1) is 0 Å². The summed E-state index contributed by atoms with van der Waals surface area (Å²) in [4.78, 5) is 10.2. The number of carbonyl (C=O) groups is 1. The molecule has 2 aromatic rings. The largest absolute Gasteiger partial charge is 0.455 e. The summed E-state index contributed by atoms with van der Waals surface area (Å²) in [6.45, 7) is 0. The van der Waals surface area contributed by atoms with Crippen LogP contribution in [0.3, 0.4) is 0 Å². The topological polar surface area (TPSA) is 135 Å². The number of nitrogens with zero attached hydrogens (tertiary/aromatic N) is 1. The predicted molar refractivity (Wildman–Crippen MR) is 74.3 cm³/mol. The second-order valence-corrected chi connectivity index (χ2v) is 5.36. The highest BCUT2D eigenvalue weighted by Gasteiger charge is 2.10. The van der Waals surface area contributed by atoms with E-state index in [-0.39, 0.29) is 4.90 Å². The molecule has 0 aliphatic heterocycles. The van der Waals surface area contributed by atoms with Crippen LogP contribution in [-0.4, -0.2) is 25.2 Å². The SMILES string of the molecule is NC(=O)N/N=C\c1ccc(-c2ccc(S(=O)(=O)O)cc2)o1. The molecular formula is C12H11N3O5S. The van der Waals surface area contributed by atoms with Crippen LogP contribution in [0.15, 0.2) is 50.8 Å². The molecule has 0 unspecified atom stereocenters. The summed E-state index contributed by atoms with van der Waals surface area (Å²) in [7, 11) is -4.22. The van der Waals surface area contributed by atoms with Gasteiger partial charge in [-0.1, -0.05) is 0 Å². The van der Waals surface area contributed by atoms with Gasteiger partial charge in [0.15, 0.2) is 0 Å². The summed E-state index contributed by atoms with van der Waals surface area (Å²) in [6, 6.07) is 7.96. The number of rotatable bonds is 4. The Morgan fingerprint density at radius 1 is 1.24 bits per heavy atom. The first kappa shape index (κ1) is 14.8. The zero-order valence-electron chi connectivity index (χ0n) is 10.6. The second kappa shape index (κ2) is 5.77. The third-order valence-corrected chi connectivity index (χ3v) is 3.30. The predicted octanol–water partition coefficient (Wildman–Crippen LogP) is 1.20. The Balaban J connectivity index is 2.18. The summed E-state index contributed by atoms with van der Waals surface area (Å²) in [5.41, 5.74) is 7.47. The van der Waals surface area contributed by atoms with Crippen molar-refractivity contribution in [2.75, 3.05) is 0 Å². The number of nitrogens with two attached hydrogens (primary N) is 1. The summed E-state index contributed by atoms with van der Waals surface area (Å²) < 4.78 is 36.2. The number of furan rings is 1. The molecule has 2 amide bonds. The fraction of sp³-hybridized carbons (Fsp3) is 0. The number of primary amides is 1. The lowest BCUT2D eigenvalue weighted by Crippen LogP contribution is -2.24. The highest BCUT2D eigenvalue weighted by molar-refractivity contribution is 7.85. The summed E-state index contributed by atoms with van der Waals surface area (Å²) in [5, 5.41) is 3.54. The smallest absolute Gasteiger partial charge is 0.332 e. The quantitative estimate of drug-likeness (QED) is 0.443. The Morgan fingerprint density at radius 3 is 2.48 bits per heavy atom. The third-order valence-electron chi connectivity index (χ3n) is 2.43. The molecule has 2 rings (SSSR count). The molecule has 0 saturated carbocycles. The van der Waals surface area contributed by atoms with Crippen LogP contribution in [0.2, 0.25) is 0 Å². The fourth-order valence-electron chi connectivity index (χ4n) is 1.53.